The minimum Gasteiger partial charge on any atom is -0.298 e. The fourth-order valence-electron chi connectivity index (χ4n) is 9.71. The van der Waals surface area contributed by atoms with Gasteiger partial charge >= 0.3 is 0 Å². The van der Waals surface area contributed by atoms with Crippen molar-refractivity contribution in [2.24, 2.45) is 50.2 Å². The number of fused-ring (bicyclic) bond motifs is 2. The molecule has 194 valence electrons. The van der Waals surface area contributed by atoms with Crippen molar-refractivity contribution < 1.29 is 9.59 Å². The van der Waals surface area contributed by atoms with Gasteiger partial charge in [-0.15, -0.1) is 0 Å². The number of nitriles is 1. The summed E-state index contributed by atoms with van der Waals surface area (Å²) in [6.45, 7) is 20.4. The molecule has 0 bridgehead atoms. The molecule has 35 heavy (non-hydrogen) atoms. The van der Waals surface area contributed by atoms with E-state index < -0.39 is 11.3 Å². The van der Waals surface area contributed by atoms with E-state index >= 15 is 0 Å². The Labute approximate surface area is 214 Å². The number of hydrogen-bond donors (Lipinski definition) is 0. The molecule has 4 saturated carbocycles. The maximum Gasteiger partial charge on any atom is 0.155 e. The van der Waals surface area contributed by atoms with Crippen LogP contribution in [0.15, 0.2) is 11.6 Å². The molecule has 0 aromatic heterocycles. The van der Waals surface area contributed by atoms with Crippen LogP contribution in [-0.4, -0.2) is 11.6 Å². The third-order valence-corrected chi connectivity index (χ3v) is 12.3. The van der Waals surface area contributed by atoms with Crippen LogP contribution in [0, 0.1) is 61.6 Å². The van der Waals surface area contributed by atoms with Gasteiger partial charge in [-0.2, -0.15) is 5.26 Å². The molecule has 7 atom stereocenters. The van der Waals surface area contributed by atoms with Crippen LogP contribution < -0.4 is 0 Å². The van der Waals surface area contributed by atoms with Crippen molar-refractivity contribution in [3.05, 3.63) is 11.6 Å². The number of Topliss-reactive ketones (excluding diaryl/α,β-unsaturated/α-hetero) is 1. The van der Waals surface area contributed by atoms with E-state index in [9.17, 15) is 14.9 Å². The standard InChI is InChI=1S/C32H49NO2/c1-21(34)16-25-31(8)17-22(20-33)26(35)28(4,5)24(31)10-11-32(25,9)30(7)15-14-29(6)13-12-27(2,3)18-23(29)19-30/h16,22-24H,10-15,17-19H2,1-9H3/b25-16-/t22?,23?,24-,29+,30+,31-,32+/m0/s1. The molecule has 0 aromatic carbocycles. The largest absolute Gasteiger partial charge is 0.298 e. The average molecular weight is 480 g/mol. The van der Waals surface area contributed by atoms with E-state index in [4.69, 9.17) is 0 Å². The monoisotopic (exact) mass is 479 g/mol. The van der Waals surface area contributed by atoms with Crippen molar-refractivity contribution >= 4 is 11.6 Å². The van der Waals surface area contributed by atoms with Crippen molar-refractivity contribution in [3.63, 3.8) is 0 Å². The summed E-state index contributed by atoms with van der Waals surface area (Å²) in [5, 5.41) is 9.95. The van der Waals surface area contributed by atoms with E-state index in [1.54, 1.807) is 6.92 Å². The Morgan fingerprint density at radius 2 is 1.54 bits per heavy atom. The Hall–Kier alpha value is -1.43. The fraction of sp³-hybridized carbons (Fsp3) is 0.844. The molecular formula is C32H49NO2. The van der Waals surface area contributed by atoms with Crippen molar-refractivity contribution in [2.45, 2.75) is 120 Å². The first kappa shape index (κ1) is 26.6. The van der Waals surface area contributed by atoms with E-state index in [1.807, 2.05) is 19.9 Å². The molecule has 2 unspecified atom stereocenters. The Balaban J connectivity index is 1.80. The van der Waals surface area contributed by atoms with Gasteiger partial charge in [-0.1, -0.05) is 61.0 Å². The number of carbonyl (C=O) groups excluding carboxylic acids is 2. The lowest BCUT2D eigenvalue weighted by Crippen LogP contribution is -2.60. The highest BCUT2D eigenvalue weighted by atomic mass is 16.1. The number of hydrogen-bond acceptors (Lipinski definition) is 3. The molecule has 4 fully saturated rings. The number of ketones is 2. The highest BCUT2D eigenvalue weighted by Gasteiger charge is 2.65. The highest BCUT2D eigenvalue weighted by Crippen LogP contribution is 2.72. The minimum absolute atomic E-state index is 0.0948. The zero-order valence-corrected chi connectivity index (χ0v) is 23.9. The van der Waals surface area contributed by atoms with Crippen LogP contribution in [0.3, 0.4) is 0 Å². The molecule has 0 saturated heterocycles. The van der Waals surface area contributed by atoms with Gasteiger partial charge in [0.25, 0.3) is 0 Å². The first-order valence-electron chi connectivity index (χ1n) is 14.1. The van der Waals surface area contributed by atoms with Gasteiger partial charge in [-0.05, 0) is 110 Å². The zero-order valence-electron chi connectivity index (χ0n) is 23.9. The zero-order chi connectivity index (χ0) is 26.2. The van der Waals surface area contributed by atoms with Crippen molar-refractivity contribution in [1.29, 1.82) is 5.26 Å². The highest BCUT2D eigenvalue weighted by molar-refractivity contribution is 5.91. The summed E-state index contributed by atoms with van der Waals surface area (Å²) in [5.41, 5.74) is 1.21. The molecule has 0 spiro atoms. The predicted molar refractivity (Wildman–Crippen MR) is 141 cm³/mol. The van der Waals surface area contributed by atoms with E-state index in [0.717, 1.165) is 12.8 Å². The molecule has 0 aliphatic heterocycles. The second-order valence-electron chi connectivity index (χ2n) is 15.5. The smallest absolute Gasteiger partial charge is 0.155 e. The summed E-state index contributed by atoms with van der Waals surface area (Å²) >= 11 is 0. The Morgan fingerprint density at radius 1 is 0.914 bits per heavy atom. The summed E-state index contributed by atoms with van der Waals surface area (Å²) < 4.78 is 0. The lowest BCUT2D eigenvalue weighted by Gasteiger charge is -2.66. The normalized spacial score (nSPS) is 47.9. The third-order valence-electron chi connectivity index (χ3n) is 12.3. The average Bonchev–Trinajstić information content (AvgIpc) is 2.74. The Bertz CT molecular complexity index is 998. The van der Waals surface area contributed by atoms with Crippen LogP contribution in [0.2, 0.25) is 0 Å². The van der Waals surface area contributed by atoms with Gasteiger partial charge in [0, 0.05) is 5.41 Å². The van der Waals surface area contributed by atoms with Gasteiger partial charge < -0.3 is 0 Å². The maximum absolute atomic E-state index is 13.3. The van der Waals surface area contributed by atoms with E-state index in [0.29, 0.717) is 23.2 Å². The van der Waals surface area contributed by atoms with Crippen LogP contribution in [-0.2, 0) is 9.59 Å². The van der Waals surface area contributed by atoms with Gasteiger partial charge in [0.2, 0.25) is 0 Å². The molecule has 0 N–H and O–H groups in total. The van der Waals surface area contributed by atoms with Crippen LogP contribution in [0.5, 0.6) is 0 Å². The van der Waals surface area contributed by atoms with Gasteiger partial charge in [0.15, 0.2) is 11.6 Å². The summed E-state index contributed by atoms with van der Waals surface area (Å²) in [7, 11) is 0. The second kappa shape index (κ2) is 8.03. The lowest BCUT2D eigenvalue weighted by molar-refractivity contribution is -0.151. The lowest BCUT2D eigenvalue weighted by atomic mass is 9.37. The molecule has 4 rings (SSSR count). The maximum atomic E-state index is 13.3. The minimum atomic E-state index is -0.592. The van der Waals surface area contributed by atoms with Crippen molar-refractivity contribution in [1.82, 2.24) is 0 Å². The topological polar surface area (TPSA) is 57.9 Å². The van der Waals surface area contributed by atoms with Gasteiger partial charge in [0.05, 0.1) is 6.07 Å². The van der Waals surface area contributed by atoms with E-state index in [1.165, 1.54) is 44.1 Å². The Kier molecular flexibility index (Phi) is 6.11. The molecular weight excluding hydrogens is 430 g/mol. The predicted octanol–water partition coefficient (Wildman–Crippen LogP) is 8.09. The molecule has 0 amide bonds. The summed E-state index contributed by atoms with van der Waals surface area (Å²) in [4.78, 5) is 26.0. The van der Waals surface area contributed by atoms with Crippen molar-refractivity contribution in [3.8, 4) is 6.07 Å². The van der Waals surface area contributed by atoms with Crippen LogP contribution >= 0.6 is 0 Å². The quantitative estimate of drug-likeness (QED) is 0.376. The molecule has 0 aromatic rings. The third kappa shape index (κ3) is 3.88. The summed E-state index contributed by atoms with van der Waals surface area (Å²) in [6.07, 6.45) is 12.1. The first-order chi connectivity index (χ1) is 15.9. The van der Waals surface area contributed by atoms with Crippen molar-refractivity contribution in [2.75, 3.05) is 0 Å². The Morgan fingerprint density at radius 3 is 2.14 bits per heavy atom. The summed E-state index contributed by atoms with van der Waals surface area (Å²) in [6, 6.07) is 2.35. The molecule has 4 aliphatic carbocycles. The molecule has 0 radical (unpaired) electrons. The number of rotatable bonds is 2. The SMILES string of the molecule is CC(=O)/C=C1/[C@@]2(C)CC(C#N)C(=O)C(C)(C)[C@@H]2CC[C@@]1(C)[C@]1(C)CC[C@@]2(C)CCC(C)(C)CC2C1. The second-order valence-corrected chi connectivity index (χ2v) is 15.5. The number of nitrogens with zero attached hydrogens (tertiary/aromatic N) is 1. The molecule has 3 nitrogen and oxygen atoms in total. The molecule has 3 heteroatoms. The fourth-order valence-corrected chi connectivity index (χ4v) is 9.71. The number of allylic oxidation sites excluding steroid dienone is 2. The van der Waals surface area contributed by atoms with Crippen LogP contribution in [0.25, 0.3) is 0 Å². The van der Waals surface area contributed by atoms with Crippen LogP contribution in [0.4, 0.5) is 0 Å². The van der Waals surface area contributed by atoms with Gasteiger partial charge in [-0.3, -0.25) is 9.59 Å². The van der Waals surface area contributed by atoms with E-state index in [-0.39, 0.29) is 33.7 Å². The van der Waals surface area contributed by atoms with E-state index in [2.05, 4.69) is 47.6 Å². The molecule has 4 aliphatic rings. The van der Waals surface area contributed by atoms with Gasteiger partial charge in [0.1, 0.15) is 5.92 Å². The number of carbonyl (C=O) groups is 2. The first-order valence-corrected chi connectivity index (χ1v) is 14.1. The molecule has 0 heterocycles. The van der Waals surface area contributed by atoms with Crippen LogP contribution in [0.1, 0.15) is 120 Å². The summed E-state index contributed by atoms with van der Waals surface area (Å²) in [5.74, 6) is 0.473. The van der Waals surface area contributed by atoms with Gasteiger partial charge in [-0.25, -0.2) is 0 Å².